The molecule has 0 amide bonds. The predicted octanol–water partition coefficient (Wildman–Crippen LogP) is 2.50. The van der Waals surface area contributed by atoms with Crippen molar-refractivity contribution >= 4 is 0 Å². The number of ether oxygens (including phenoxy) is 2. The van der Waals surface area contributed by atoms with Crippen molar-refractivity contribution in [1.29, 1.82) is 0 Å². The Morgan fingerprint density at radius 3 is 2.44 bits per heavy atom. The van der Waals surface area contributed by atoms with Crippen LogP contribution in [-0.2, 0) is 11.2 Å². The molecule has 0 unspecified atom stereocenters. The quantitative estimate of drug-likeness (QED) is 0.684. The molecule has 18 heavy (non-hydrogen) atoms. The average molecular weight is 251 g/mol. The predicted molar refractivity (Wildman–Crippen MR) is 75.2 cm³/mol. The summed E-state index contributed by atoms with van der Waals surface area (Å²) in [7, 11) is 1.72. The van der Waals surface area contributed by atoms with Gasteiger partial charge in [0.25, 0.3) is 0 Å². The highest BCUT2D eigenvalue weighted by Gasteiger charge is 1.96. The summed E-state index contributed by atoms with van der Waals surface area (Å²) in [5.41, 5.74) is 1.28. The van der Waals surface area contributed by atoms with Crippen molar-refractivity contribution in [3.05, 3.63) is 29.8 Å². The Hall–Kier alpha value is -1.06. The molecule has 0 heterocycles. The van der Waals surface area contributed by atoms with Crippen LogP contribution in [0.2, 0.25) is 0 Å². The second kappa shape index (κ2) is 8.95. The van der Waals surface area contributed by atoms with E-state index >= 15 is 0 Å². The number of rotatable bonds is 9. The topological polar surface area (TPSA) is 30.5 Å². The zero-order valence-corrected chi connectivity index (χ0v) is 11.7. The molecule has 0 saturated carbocycles. The fraction of sp³-hybridized carbons (Fsp3) is 0.600. The van der Waals surface area contributed by atoms with Crippen LogP contribution < -0.4 is 10.1 Å². The van der Waals surface area contributed by atoms with E-state index in [9.17, 15) is 0 Å². The fourth-order valence-corrected chi connectivity index (χ4v) is 1.60. The highest BCUT2D eigenvalue weighted by atomic mass is 16.5. The van der Waals surface area contributed by atoms with Crippen LogP contribution in [0.1, 0.15) is 19.4 Å². The Morgan fingerprint density at radius 2 is 1.83 bits per heavy atom. The molecule has 0 atom stereocenters. The van der Waals surface area contributed by atoms with Crippen LogP contribution in [-0.4, -0.2) is 33.4 Å². The zero-order valence-electron chi connectivity index (χ0n) is 11.7. The van der Waals surface area contributed by atoms with E-state index in [2.05, 4.69) is 31.3 Å². The third kappa shape index (κ3) is 6.62. The first kappa shape index (κ1) is 15.0. The number of methoxy groups -OCH3 is 1. The van der Waals surface area contributed by atoms with Gasteiger partial charge in [-0.3, -0.25) is 0 Å². The SMILES string of the molecule is COCCc1ccc(OCCNCC(C)C)cc1. The summed E-state index contributed by atoms with van der Waals surface area (Å²) >= 11 is 0. The van der Waals surface area contributed by atoms with Gasteiger partial charge in [-0.15, -0.1) is 0 Å². The molecule has 0 aliphatic heterocycles. The van der Waals surface area contributed by atoms with Gasteiger partial charge < -0.3 is 14.8 Å². The molecule has 1 aromatic carbocycles. The minimum absolute atomic E-state index is 0.685. The van der Waals surface area contributed by atoms with Crippen LogP contribution in [0.5, 0.6) is 5.75 Å². The molecule has 0 bridgehead atoms. The van der Waals surface area contributed by atoms with Gasteiger partial charge in [0.2, 0.25) is 0 Å². The minimum atomic E-state index is 0.685. The van der Waals surface area contributed by atoms with Gasteiger partial charge in [0.15, 0.2) is 0 Å². The van der Waals surface area contributed by atoms with E-state index in [0.717, 1.165) is 31.9 Å². The lowest BCUT2D eigenvalue weighted by molar-refractivity contribution is 0.202. The molecule has 1 aromatic rings. The molecular weight excluding hydrogens is 226 g/mol. The zero-order chi connectivity index (χ0) is 13.2. The molecule has 0 aliphatic rings. The first-order valence-electron chi connectivity index (χ1n) is 6.63. The second-order valence-electron chi connectivity index (χ2n) is 4.83. The van der Waals surface area contributed by atoms with Crippen LogP contribution in [0, 0.1) is 5.92 Å². The molecule has 0 aliphatic carbocycles. The second-order valence-corrected chi connectivity index (χ2v) is 4.83. The maximum atomic E-state index is 5.65. The Bertz CT molecular complexity index is 309. The average Bonchev–Trinajstić information content (AvgIpc) is 2.37. The van der Waals surface area contributed by atoms with Crippen LogP contribution in [0.25, 0.3) is 0 Å². The summed E-state index contributed by atoms with van der Waals surface area (Å²) in [6.45, 7) is 7.81. The monoisotopic (exact) mass is 251 g/mol. The summed E-state index contributed by atoms with van der Waals surface area (Å²) in [5.74, 6) is 1.62. The Kier molecular flexibility index (Phi) is 7.46. The molecule has 0 fully saturated rings. The van der Waals surface area contributed by atoms with E-state index in [1.165, 1.54) is 5.56 Å². The van der Waals surface area contributed by atoms with E-state index in [1.54, 1.807) is 7.11 Å². The molecule has 0 saturated heterocycles. The molecule has 0 spiro atoms. The van der Waals surface area contributed by atoms with Crippen molar-refractivity contribution in [1.82, 2.24) is 5.32 Å². The van der Waals surface area contributed by atoms with Crippen LogP contribution in [0.3, 0.4) is 0 Å². The summed E-state index contributed by atoms with van der Waals surface area (Å²) in [6.07, 6.45) is 0.951. The molecule has 3 nitrogen and oxygen atoms in total. The Labute approximate surface area is 110 Å². The minimum Gasteiger partial charge on any atom is -0.492 e. The number of benzene rings is 1. The van der Waals surface area contributed by atoms with Gasteiger partial charge in [-0.25, -0.2) is 0 Å². The summed E-state index contributed by atoms with van der Waals surface area (Å²) in [4.78, 5) is 0. The van der Waals surface area contributed by atoms with Gasteiger partial charge in [-0.1, -0.05) is 26.0 Å². The highest BCUT2D eigenvalue weighted by molar-refractivity contribution is 5.27. The largest absolute Gasteiger partial charge is 0.492 e. The molecule has 0 radical (unpaired) electrons. The summed E-state index contributed by atoms with van der Waals surface area (Å²) in [5, 5.41) is 3.35. The number of nitrogens with one attached hydrogen (secondary N) is 1. The van der Waals surface area contributed by atoms with E-state index in [0.29, 0.717) is 12.5 Å². The van der Waals surface area contributed by atoms with Gasteiger partial charge in [0.1, 0.15) is 12.4 Å². The van der Waals surface area contributed by atoms with Crippen molar-refractivity contribution in [2.75, 3.05) is 33.4 Å². The van der Waals surface area contributed by atoms with E-state index in [4.69, 9.17) is 9.47 Å². The highest BCUT2D eigenvalue weighted by Crippen LogP contribution is 2.12. The van der Waals surface area contributed by atoms with Crippen molar-refractivity contribution < 1.29 is 9.47 Å². The normalized spacial score (nSPS) is 10.9. The smallest absolute Gasteiger partial charge is 0.119 e. The summed E-state index contributed by atoms with van der Waals surface area (Å²) in [6, 6.07) is 8.23. The van der Waals surface area contributed by atoms with Crippen molar-refractivity contribution in [2.24, 2.45) is 5.92 Å². The van der Waals surface area contributed by atoms with Crippen LogP contribution >= 0.6 is 0 Å². The number of hydrogen-bond acceptors (Lipinski definition) is 3. The maximum absolute atomic E-state index is 5.65. The van der Waals surface area contributed by atoms with Crippen molar-refractivity contribution in [3.63, 3.8) is 0 Å². The first-order chi connectivity index (χ1) is 8.72. The van der Waals surface area contributed by atoms with E-state index in [1.807, 2.05) is 12.1 Å². The third-order valence-corrected chi connectivity index (χ3v) is 2.62. The van der Waals surface area contributed by atoms with Crippen LogP contribution in [0.15, 0.2) is 24.3 Å². The fourth-order valence-electron chi connectivity index (χ4n) is 1.60. The van der Waals surface area contributed by atoms with E-state index < -0.39 is 0 Å². The Balaban J connectivity index is 2.18. The maximum Gasteiger partial charge on any atom is 0.119 e. The summed E-state index contributed by atoms with van der Waals surface area (Å²) < 4.78 is 10.7. The lowest BCUT2D eigenvalue weighted by atomic mass is 10.1. The lowest BCUT2D eigenvalue weighted by Crippen LogP contribution is -2.24. The van der Waals surface area contributed by atoms with Gasteiger partial charge in [-0.05, 0) is 36.6 Å². The number of hydrogen-bond donors (Lipinski definition) is 1. The molecular formula is C15H25NO2. The lowest BCUT2D eigenvalue weighted by Gasteiger charge is -2.09. The van der Waals surface area contributed by atoms with Gasteiger partial charge >= 0.3 is 0 Å². The van der Waals surface area contributed by atoms with Crippen molar-refractivity contribution in [2.45, 2.75) is 20.3 Å². The molecule has 1 rings (SSSR count). The standard InChI is InChI=1S/C15H25NO2/c1-13(2)12-16-9-11-18-15-6-4-14(5-7-15)8-10-17-3/h4-7,13,16H,8-12H2,1-3H3. The van der Waals surface area contributed by atoms with Gasteiger partial charge in [0.05, 0.1) is 6.61 Å². The van der Waals surface area contributed by atoms with Gasteiger partial charge in [0, 0.05) is 13.7 Å². The molecule has 102 valence electrons. The van der Waals surface area contributed by atoms with E-state index in [-0.39, 0.29) is 0 Å². The Morgan fingerprint density at radius 1 is 1.11 bits per heavy atom. The van der Waals surface area contributed by atoms with Gasteiger partial charge in [-0.2, -0.15) is 0 Å². The molecule has 0 aromatic heterocycles. The molecule has 1 N–H and O–H groups in total. The third-order valence-electron chi connectivity index (χ3n) is 2.62. The van der Waals surface area contributed by atoms with Crippen molar-refractivity contribution in [3.8, 4) is 5.75 Å². The first-order valence-corrected chi connectivity index (χ1v) is 6.63. The van der Waals surface area contributed by atoms with Crippen LogP contribution in [0.4, 0.5) is 0 Å². The molecule has 3 heteroatoms.